The molecule has 0 aliphatic rings. The van der Waals surface area contributed by atoms with Gasteiger partial charge in [0, 0.05) is 6.04 Å². The number of benzene rings is 1. The molecule has 1 aromatic heterocycles. The number of carboxylic acids is 1. The maximum Gasteiger partial charge on any atom is 0.356 e. The normalized spacial score (nSPS) is 12.0. The van der Waals surface area contributed by atoms with E-state index >= 15 is 0 Å². The molecule has 0 radical (unpaired) electrons. The second kappa shape index (κ2) is 7.68. The molecule has 6 nitrogen and oxygen atoms in total. The molecule has 1 amide bonds. The van der Waals surface area contributed by atoms with Crippen LogP contribution in [-0.2, 0) is 6.42 Å². The molecule has 1 aromatic carbocycles. The van der Waals surface area contributed by atoms with Crippen molar-refractivity contribution in [3.63, 3.8) is 0 Å². The van der Waals surface area contributed by atoms with Crippen molar-refractivity contribution in [3.05, 3.63) is 59.2 Å². The Labute approximate surface area is 141 Å². The van der Waals surface area contributed by atoms with Crippen LogP contribution < -0.4 is 5.32 Å². The van der Waals surface area contributed by atoms with Crippen LogP contribution in [0, 0.1) is 0 Å². The third-order valence-corrected chi connectivity index (χ3v) is 3.67. The van der Waals surface area contributed by atoms with E-state index < -0.39 is 5.97 Å². The van der Waals surface area contributed by atoms with Crippen molar-refractivity contribution in [3.8, 4) is 0 Å². The quantitative estimate of drug-likeness (QED) is 0.851. The largest absolute Gasteiger partial charge is 0.476 e. The van der Waals surface area contributed by atoms with E-state index in [1.165, 1.54) is 11.8 Å². The van der Waals surface area contributed by atoms with Crippen LogP contribution in [0.15, 0.2) is 36.7 Å². The number of carboxylic acid groups (broad SMARTS) is 1. The topological polar surface area (TPSA) is 92.2 Å². The van der Waals surface area contributed by atoms with E-state index in [-0.39, 0.29) is 23.3 Å². The number of nitrogens with zero attached hydrogens (tertiary/aromatic N) is 2. The van der Waals surface area contributed by atoms with Gasteiger partial charge in [0.2, 0.25) is 0 Å². The van der Waals surface area contributed by atoms with E-state index in [0.29, 0.717) is 12.3 Å². The Morgan fingerprint density at radius 1 is 1.04 bits per heavy atom. The fraction of sp³-hybridized carbons (Fsp3) is 0.333. The van der Waals surface area contributed by atoms with E-state index in [0.717, 1.165) is 11.8 Å². The van der Waals surface area contributed by atoms with Gasteiger partial charge in [-0.25, -0.2) is 14.8 Å². The zero-order chi connectivity index (χ0) is 17.7. The first-order valence-electron chi connectivity index (χ1n) is 7.82. The summed E-state index contributed by atoms with van der Waals surface area (Å²) in [5.41, 5.74) is 2.33. The lowest BCUT2D eigenvalue weighted by atomic mass is 9.99. The number of hydrogen-bond donors (Lipinski definition) is 2. The van der Waals surface area contributed by atoms with Gasteiger partial charge in [-0.05, 0) is 30.4 Å². The zero-order valence-corrected chi connectivity index (χ0v) is 14.0. The minimum absolute atomic E-state index is 0.0802. The van der Waals surface area contributed by atoms with Gasteiger partial charge in [0.25, 0.3) is 5.91 Å². The minimum atomic E-state index is -1.17. The Bertz CT molecular complexity index is 709. The lowest BCUT2D eigenvalue weighted by molar-refractivity contribution is 0.0689. The number of hydrogen-bond acceptors (Lipinski definition) is 4. The van der Waals surface area contributed by atoms with E-state index in [4.69, 9.17) is 5.11 Å². The van der Waals surface area contributed by atoms with Gasteiger partial charge >= 0.3 is 5.97 Å². The van der Waals surface area contributed by atoms with Gasteiger partial charge in [-0.15, -0.1) is 0 Å². The van der Waals surface area contributed by atoms with Crippen LogP contribution in [0.4, 0.5) is 0 Å². The second-order valence-electron chi connectivity index (χ2n) is 6.07. The first kappa shape index (κ1) is 17.6. The standard InChI is InChI=1S/C18H21N3O3/c1-11(2)14-6-4-13(5-7-14)8-12(3)21-17(22)15-9-20-16(10-19-15)18(23)24/h4-7,9-12H,8H2,1-3H3,(H,21,22)(H,23,24). The van der Waals surface area contributed by atoms with Gasteiger partial charge in [-0.3, -0.25) is 4.79 Å². The fourth-order valence-corrected chi connectivity index (χ4v) is 2.30. The second-order valence-corrected chi connectivity index (χ2v) is 6.07. The highest BCUT2D eigenvalue weighted by Gasteiger charge is 2.13. The SMILES string of the molecule is CC(Cc1ccc(C(C)C)cc1)NC(=O)c1cnc(C(=O)O)cn1. The number of amides is 1. The number of nitrogens with one attached hydrogen (secondary N) is 1. The van der Waals surface area contributed by atoms with Gasteiger partial charge < -0.3 is 10.4 Å². The number of aromatic nitrogens is 2. The monoisotopic (exact) mass is 327 g/mol. The van der Waals surface area contributed by atoms with Crippen molar-refractivity contribution in [2.75, 3.05) is 0 Å². The molecular formula is C18H21N3O3. The van der Waals surface area contributed by atoms with E-state index in [9.17, 15) is 9.59 Å². The van der Waals surface area contributed by atoms with Crippen LogP contribution in [-0.4, -0.2) is 33.0 Å². The summed E-state index contributed by atoms with van der Waals surface area (Å²) in [6.07, 6.45) is 2.94. The minimum Gasteiger partial charge on any atom is -0.476 e. The maximum absolute atomic E-state index is 12.1. The van der Waals surface area contributed by atoms with Gasteiger partial charge in [0.05, 0.1) is 12.4 Å². The van der Waals surface area contributed by atoms with Crippen LogP contribution in [0.5, 0.6) is 0 Å². The number of carbonyl (C=O) groups is 2. The molecule has 0 aliphatic carbocycles. The molecule has 126 valence electrons. The van der Waals surface area contributed by atoms with Crippen LogP contribution in [0.3, 0.4) is 0 Å². The Hall–Kier alpha value is -2.76. The zero-order valence-electron chi connectivity index (χ0n) is 14.0. The van der Waals surface area contributed by atoms with E-state index in [1.54, 1.807) is 0 Å². The van der Waals surface area contributed by atoms with Gasteiger partial charge in [-0.1, -0.05) is 38.1 Å². The summed E-state index contributed by atoms with van der Waals surface area (Å²) in [6.45, 7) is 6.20. The summed E-state index contributed by atoms with van der Waals surface area (Å²) in [7, 11) is 0. The van der Waals surface area contributed by atoms with Crippen LogP contribution in [0.1, 0.15) is 58.8 Å². The predicted molar refractivity (Wildman–Crippen MR) is 90.2 cm³/mol. The van der Waals surface area contributed by atoms with Gasteiger partial charge in [0.15, 0.2) is 5.69 Å². The Morgan fingerprint density at radius 2 is 1.62 bits per heavy atom. The first-order chi connectivity index (χ1) is 11.4. The van der Waals surface area contributed by atoms with Crippen molar-refractivity contribution < 1.29 is 14.7 Å². The third-order valence-electron chi connectivity index (χ3n) is 3.67. The molecule has 1 atom stereocenters. The summed E-state index contributed by atoms with van der Waals surface area (Å²) >= 11 is 0. The van der Waals surface area contributed by atoms with Crippen molar-refractivity contribution in [1.29, 1.82) is 0 Å². The molecule has 0 fully saturated rings. The van der Waals surface area contributed by atoms with Crippen molar-refractivity contribution in [2.24, 2.45) is 0 Å². The summed E-state index contributed by atoms with van der Waals surface area (Å²) in [5, 5.41) is 11.6. The highest BCUT2D eigenvalue weighted by Crippen LogP contribution is 2.15. The molecule has 0 spiro atoms. The molecule has 0 bridgehead atoms. The summed E-state index contributed by atoms with van der Waals surface area (Å²) in [5.74, 6) is -1.05. The Balaban J connectivity index is 1.94. The molecule has 2 rings (SSSR count). The predicted octanol–water partition coefficient (Wildman–Crippen LogP) is 2.66. The van der Waals surface area contributed by atoms with Gasteiger partial charge in [-0.2, -0.15) is 0 Å². The average molecular weight is 327 g/mol. The van der Waals surface area contributed by atoms with Crippen LogP contribution in [0.25, 0.3) is 0 Å². The maximum atomic E-state index is 12.1. The average Bonchev–Trinajstić information content (AvgIpc) is 2.55. The first-order valence-corrected chi connectivity index (χ1v) is 7.82. The van der Waals surface area contributed by atoms with Crippen molar-refractivity contribution in [1.82, 2.24) is 15.3 Å². The lowest BCUT2D eigenvalue weighted by Gasteiger charge is -2.14. The molecule has 2 aromatic rings. The lowest BCUT2D eigenvalue weighted by Crippen LogP contribution is -2.34. The highest BCUT2D eigenvalue weighted by atomic mass is 16.4. The summed E-state index contributed by atoms with van der Waals surface area (Å²) in [4.78, 5) is 30.4. The molecule has 2 N–H and O–H groups in total. The molecule has 0 aliphatic heterocycles. The number of rotatable bonds is 6. The molecule has 1 heterocycles. The highest BCUT2D eigenvalue weighted by molar-refractivity contribution is 5.92. The summed E-state index contributed by atoms with van der Waals surface area (Å²) < 4.78 is 0. The van der Waals surface area contributed by atoms with Crippen LogP contribution >= 0.6 is 0 Å². The molecule has 0 saturated heterocycles. The number of carbonyl (C=O) groups excluding carboxylic acids is 1. The smallest absolute Gasteiger partial charge is 0.356 e. The van der Waals surface area contributed by atoms with Gasteiger partial charge in [0.1, 0.15) is 5.69 Å². The van der Waals surface area contributed by atoms with E-state index in [1.807, 2.05) is 6.92 Å². The Morgan fingerprint density at radius 3 is 2.12 bits per heavy atom. The summed E-state index contributed by atoms with van der Waals surface area (Å²) in [6, 6.07) is 8.26. The molecule has 0 saturated carbocycles. The Kier molecular flexibility index (Phi) is 5.63. The fourth-order valence-electron chi connectivity index (χ4n) is 2.30. The van der Waals surface area contributed by atoms with E-state index in [2.05, 4.69) is 53.4 Å². The molecule has 24 heavy (non-hydrogen) atoms. The van der Waals surface area contributed by atoms with Crippen LogP contribution in [0.2, 0.25) is 0 Å². The van der Waals surface area contributed by atoms with Crippen molar-refractivity contribution >= 4 is 11.9 Å². The number of aromatic carboxylic acids is 1. The molecule has 1 unspecified atom stereocenters. The molecular weight excluding hydrogens is 306 g/mol. The third kappa shape index (κ3) is 4.62. The molecule has 6 heteroatoms. The van der Waals surface area contributed by atoms with Crippen molar-refractivity contribution in [2.45, 2.75) is 39.2 Å².